The Balaban J connectivity index is 2.36. The van der Waals surface area contributed by atoms with Gasteiger partial charge in [-0.3, -0.25) is 4.72 Å². The largest absolute Gasteiger partial charge is 0.307 e. The smallest absolute Gasteiger partial charge is 0.263 e. The third-order valence-corrected chi connectivity index (χ3v) is 4.65. The number of anilines is 2. The van der Waals surface area contributed by atoms with Crippen LogP contribution in [0.3, 0.4) is 0 Å². The molecule has 6 nitrogen and oxygen atoms in total. The van der Waals surface area contributed by atoms with E-state index in [4.69, 9.17) is 17.4 Å². The number of hydrogen-bond acceptors (Lipinski definition) is 5. The van der Waals surface area contributed by atoms with Crippen LogP contribution < -0.4 is 16.0 Å². The summed E-state index contributed by atoms with van der Waals surface area (Å²) in [5.74, 6) is 5.40. The van der Waals surface area contributed by atoms with Gasteiger partial charge >= 0.3 is 0 Å². The number of rotatable bonds is 4. The number of nitrogens with two attached hydrogens (primary N) is 1. The van der Waals surface area contributed by atoms with E-state index in [-0.39, 0.29) is 15.7 Å². The zero-order chi connectivity index (χ0) is 15.6. The maximum atomic E-state index is 12.3. The van der Waals surface area contributed by atoms with Crippen LogP contribution in [-0.4, -0.2) is 13.4 Å². The van der Waals surface area contributed by atoms with Crippen molar-refractivity contribution in [2.24, 2.45) is 5.84 Å². The lowest BCUT2D eigenvalue weighted by Crippen LogP contribution is -2.15. The maximum Gasteiger partial charge on any atom is 0.263 e. The predicted octanol–water partition coefficient (Wildman–Crippen LogP) is 2.89. The van der Waals surface area contributed by atoms with Gasteiger partial charge in [0.05, 0.1) is 10.7 Å². The van der Waals surface area contributed by atoms with Crippen LogP contribution in [0, 0.1) is 6.92 Å². The molecule has 0 radical (unpaired) electrons. The molecule has 21 heavy (non-hydrogen) atoms. The fourth-order valence-corrected chi connectivity index (χ4v) is 3.59. The number of nitrogen functional groups attached to an aromatic ring is 1. The third-order valence-electron chi connectivity index (χ3n) is 2.56. The van der Waals surface area contributed by atoms with Gasteiger partial charge in [-0.05, 0) is 36.8 Å². The van der Waals surface area contributed by atoms with E-state index in [2.05, 4.69) is 31.1 Å². The Bertz CT molecular complexity index is 763. The average Bonchev–Trinajstić information content (AvgIpc) is 2.36. The first-order valence-electron chi connectivity index (χ1n) is 5.74. The number of sulfonamides is 1. The molecule has 0 aliphatic rings. The van der Waals surface area contributed by atoms with Gasteiger partial charge in [0.1, 0.15) is 4.90 Å². The fourth-order valence-electron chi connectivity index (χ4n) is 1.68. The molecule has 1 aromatic carbocycles. The lowest BCUT2D eigenvalue weighted by molar-refractivity contribution is 0.601. The maximum absolute atomic E-state index is 12.3. The SMILES string of the molecule is Cc1cc(Br)cc(NS(=O)(=O)c2cnc(NN)c(Cl)c2)c1. The van der Waals surface area contributed by atoms with E-state index in [0.717, 1.165) is 10.0 Å². The molecular weight excluding hydrogens is 380 g/mol. The van der Waals surface area contributed by atoms with Crippen LogP contribution in [0.15, 0.2) is 39.8 Å². The van der Waals surface area contributed by atoms with Gasteiger partial charge in [0, 0.05) is 10.7 Å². The highest BCUT2D eigenvalue weighted by Gasteiger charge is 2.17. The second-order valence-corrected chi connectivity index (χ2v) is 7.27. The molecule has 0 aliphatic heterocycles. The number of nitrogens with one attached hydrogen (secondary N) is 2. The molecule has 0 bridgehead atoms. The summed E-state index contributed by atoms with van der Waals surface area (Å²) in [6.07, 6.45) is 1.17. The normalized spacial score (nSPS) is 11.2. The molecule has 1 heterocycles. The molecule has 1 aromatic heterocycles. The molecule has 2 rings (SSSR count). The minimum atomic E-state index is -3.78. The van der Waals surface area contributed by atoms with Crippen LogP contribution >= 0.6 is 27.5 Å². The molecule has 0 aliphatic carbocycles. The molecule has 0 amide bonds. The second-order valence-electron chi connectivity index (χ2n) is 4.27. The van der Waals surface area contributed by atoms with E-state index in [1.54, 1.807) is 12.1 Å². The zero-order valence-electron chi connectivity index (χ0n) is 10.9. The first-order valence-corrected chi connectivity index (χ1v) is 8.39. The molecular formula is C12H12BrClN4O2S. The van der Waals surface area contributed by atoms with Crippen molar-refractivity contribution in [3.8, 4) is 0 Å². The highest BCUT2D eigenvalue weighted by Crippen LogP contribution is 2.25. The van der Waals surface area contributed by atoms with Gasteiger partial charge in [0.15, 0.2) is 5.82 Å². The summed E-state index contributed by atoms with van der Waals surface area (Å²) in [4.78, 5) is 3.79. The molecule has 4 N–H and O–H groups in total. The van der Waals surface area contributed by atoms with Crippen molar-refractivity contribution in [3.05, 3.63) is 45.5 Å². The number of halogens is 2. The van der Waals surface area contributed by atoms with Crippen molar-refractivity contribution >= 4 is 49.1 Å². The Morgan fingerprint density at radius 2 is 2.00 bits per heavy atom. The number of benzene rings is 1. The van der Waals surface area contributed by atoms with E-state index in [1.807, 2.05) is 13.0 Å². The highest BCUT2D eigenvalue weighted by molar-refractivity contribution is 9.10. The van der Waals surface area contributed by atoms with Crippen molar-refractivity contribution in [1.29, 1.82) is 0 Å². The summed E-state index contributed by atoms with van der Waals surface area (Å²) in [5, 5.41) is 0.116. The van der Waals surface area contributed by atoms with Crippen LogP contribution in [0.25, 0.3) is 0 Å². The van der Waals surface area contributed by atoms with Crippen LogP contribution in [0.5, 0.6) is 0 Å². The molecule has 0 fully saturated rings. The van der Waals surface area contributed by atoms with E-state index in [1.165, 1.54) is 12.3 Å². The van der Waals surface area contributed by atoms with Gasteiger partial charge in [-0.2, -0.15) is 0 Å². The lowest BCUT2D eigenvalue weighted by atomic mass is 10.2. The summed E-state index contributed by atoms with van der Waals surface area (Å²) < 4.78 is 27.8. The summed E-state index contributed by atoms with van der Waals surface area (Å²) in [6, 6.07) is 6.53. The van der Waals surface area contributed by atoms with E-state index >= 15 is 0 Å². The van der Waals surface area contributed by atoms with Crippen molar-refractivity contribution < 1.29 is 8.42 Å². The summed E-state index contributed by atoms with van der Waals surface area (Å²) >= 11 is 9.20. The molecule has 9 heteroatoms. The lowest BCUT2D eigenvalue weighted by Gasteiger charge is -2.10. The van der Waals surface area contributed by atoms with Gasteiger partial charge in [0.25, 0.3) is 10.0 Å². The molecule has 0 unspecified atom stereocenters. The van der Waals surface area contributed by atoms with Crippen LogP contribution in [0.1, 0.15) is 5.56 Å². The second kappa shape index (κ2) is 6.18. The van der Waals surface area contributed by atoms with Crippen molar-refractivity contribution in [3.63, 3.8) is 0 Å². The summed E-state index contributed by atoms with van der Waals surface area (Å²) in [5.41, 5.74) is 3.64. The highest BCUT2D eigenvalue weighted by atomic mass is 79.9. The number of pyridine rings is 1. The zero-order valence-corrected chi connectivity index (χ0v) is 14.1. The minimum Gasteiger partial charge on any atom is -0.307 e. The first kappa shape index (κ1) is 16.0. The van der Waals surface area contributed by atoms with Crippen LogP contribution in [0.4, 0.5) is 11.5 Å². The van der Waals surface area contributed by atoms with Crippen molar-refractivity contribution in [1.82, 2.24) is 4.98 Å². The Hall–Kier alpha value is -1.35. The Morgan fingerprint density at radius 1 is 1.29 bits per heavy atom. The van der Waals surface area contributed by atoms with Gasteiger partial charge in [-0.1, -0.05) is 27.5 Å². The molecule has 0 saturated heterocycles. The fraction of sp³-hybridized carbons (Fsp3) is 0.0833. The number of hydrogen-bond donors (Lipinski definition) is 3. The van der Waals surface area contributed by atoms with E-state index in [9.17, 15) is 8.42 Å². The van der Waals surface area contributed by atoms with Crippen LogP contribution in [0.2, 0.25) is 5.02 Å². The quantitative estimate of drug-likeness (QED) is 0.550. The van der Waals surface area contributed by atoms with Crippen LogP contribution in [-0.2, 0) is 10.0 Å². The molecule has 2 aromatic rings. The molecule has 0 spiro atoms. The van der Waals surface area contributed by atoms with Crippen molar-refractivity contribution in [2.75, 3.05) is 10.1 Å². The number of nitrogens with zero attached hydrogens (tertiary/aromatic N) is 1. The minimum absolute atomic E-state index is 0.0517. The van der Waals surface area contributed by atoms with E-state index in [0.29, 0.717) is 5.69 Å². The molecule has 0 saturated carbocycles. The average molecular weight is 392 g/mol. The van der Waals surface area contributed by atoms with Gasteiger partial charge < -0.3 is 5.43 Å². The molecule has 0 atom stereocenters. The topological polar surface area (TPSA) is 97.1 Å². The van der Waals surface area contributed by atoms with Gasteiger partial charge in [-0.25, -0.2) is 19.2 Å². The Kier molecular flexibility index (Phi) is 4.72. The van der Waals surface area contributed by atoms with Gasteiger partial charge in [-0.15, -0.1) is 0 Å². The Labute approximate surface area is 135 Å². The number of hydrazine groups is 1. The van der Waals surface area contributed by atoms with Gasteiger partial charge in [0.2, 0.25) is 0 Å². The Morgan fingerprint density at radius 3 is 2.57 bits per heavy atom. The monoisotopic (exact) mass is 390 g/mol. The summed E-state index contributed by atoms with van der Waals surface area (Å²) in [7, 11) is -3.78. The first-order chi connectivity index (χ1) is 9.81. The standard InChI is InChI=1S/C12H12BrClN4O2S/c1-7-2-8(13)4-9(3-7)18-21(19,20)10-5-11(14)12(17-15)16-6-10/h2-6,18H,15H2,1H3,(H,16,17). The number of aromatic nitrogens is 1. The third kappa shape index (κ3) is 3.85. The van der Waals surface area contributed by atoms with E-state index < -0.39 is 10.0 Å². The number of aryl methyl sites for hydroxylation is 1. The summed E-state index contributed by atoms with van der Waals surface area (Å²) in [6.45, 7) is 1.86. The van der Waals surface area contributed by atoms with Crippen molar-refractivity contribution in [2.45, 2.75) is 11.8 Å². The molecule has 112 valence electrons. The predicted molar refractivity (Wildman–Crippen MR) is 86.7 cm³/mol.